The molecule has 2 heterocycles. The van der Waals surface area contributed by atoms with E-state index in [1.807, 2.05) is 16.3 Å². The third kappa shape index (κ3) is 2.90. The second-order valence-corrected chi connectivity index (χ2v) is 5.91. The van der Waals surface area contributed by atoms with Crippen molar-refractivity contribution in [3.05, 3.63) is 52.5 Å². The summed E-state index contributed by atoms with van der Waals surface area (Å²) in [5, 5.41) is 1.84. The molecule has 0 bridgehead atoms. The number of thiazole rings is 1. The molecule has 0 saturated carbocycles. The average Bonchev–Trinajstić information content (AvgIpc) is 3.17. The Hall–Kier alpha value is -1.68. The second kappa shape index (κ2) is 6.18. The molecule has 3 nitrogen and oxygen atoms in total. The van der Waals surface area contributed by atoms with Gasteiger partial charge in [0.15, 0.2) is 0 Å². The molecule has 20 heavy (non-hydrogen) atoms. The summed E-state index contributed by atoms with van der Waals surface area (Å²) in [7, 11) is 0. The van der Waals surface area contributed by atoms with Crippen molar-refractivity contribution < 1.29 is 4.79 Å². The quantitative estimate of drug-likeness (QED) is 0.863. The molecule has 1 aliphatic heterocycles. The van der Waals surface area contributed by atoms with E-state index in [0.717, 1.165) is 32.2 Å². The number of nitrogens with zero attached hydrogens (tertiary/aromatic N) is 2. The molecule has 1 amide bonds. The molecule has 1 fully saturated rings. The van der Waals surface area contributed by atoms with E-state index in [-0.39, 0.29) is 5.91 Å². The predicted molar refractivity (Wildman–Crippen MR) is 80.9 cm³/mol. The van der Waals surface area contributed by atoms with Crippen LogP contribution in [0.15, 0.2) is 41.2 Å². The van der Waals surface area contributed by atoms with Crippen LogP contribution in [0.2, 0.25) is 0 Å². The number of benzene rings is 1. The molecule has 1 aromatic heterocycles. The molecule has 1 aliphatic rings. The SMILES string of the molecule is O=C(c1cscn1)N1CCCC1CCc1ccccc1. The Morgan fingerprint density at radius 2 is 2.20 bits per heavy atom. The van der Waals surface area contributed by atoms with Gasteiger partial charge in [-0.1, -0.05) is 30.3 Å². The number of hydrogen-bond donors (Lipinski definition) is 0. The number of aryl methyl sites for hydroxylation is 1. The number of amides is 1. The van der Waals surface area contributed by atoms with Gasteiger partial charge in [0.25, 0.3) is 5.91 Å². The van der Waals surface area contributed by atoms with Crippen LogP contribution in [-0.4, -0.2) is 28.4 Å². The van der Waals surface area contributed by atoms with Crippen LogP contribution in [0.25, 0.3) is 0 Å². The Bertz CT molecular complexity index is 553. The standard InChI is InChI=1S/C16H18N2OS/c19-16(15-11-20-12-17-15)18-10-4-7-14(18)9-8-13-5-2-1-3-6-13/h1-3,5-6,11-12,14H,4,7-10H2. The van der Waals surface area contributed by atoms with Gasteiger partial charge >= 0.3 is 0 Å². The van der Waals surface area contributed by atoms with Crippen LogP contribution in [0.5, 0.6) is 0 Å². The fourth-order valence-corrected chi connectivity index (χ4v) is 3.37. The van der Waals surface area contributed by atoms with E-state index in [4.69, 9.17) is 0 Å². The van der Waals surface area contributed by atoms with Gasteiger partial charge in [-0.2, -0.15) is 0 Å². The van der Waals surface area contributed by atoms with E-state index in [0.29, 0.717) is 11.7 Å². The summed E-state index contributed by atoms with van der Waals surface area (Å²) in [4.78, 5) is 18.6. The molecule has 1 atom stereocenters. The van der Waals surface area contributed by atoms with Gasteiger partial charge < -0.3 is 4.90 Å². The van der Waals surface area contributed by atoms with Crippen molar-refractivity contribution in [1.82, 2.24) is 9.88 Å². The molecular formula is C16H18N2OS. The van der Waals surface area contributed by atoms with Crippen LogP contribution < -0.4 is 0 Å². The van der Waals surface area contributed by atoms with E-state index >= 15 is 0 Å². The number of rotatable bonds is 4. The highest BCUT2D eigenvalue weighted by Crippen LogP contribution is 2.24. The summed E-state index contributed by atoms with van der Waals surface area (Å²) in [5.41, 5.74) is 3.67. The highest BCUT2D eigenvalue weighted by Gasteiger charge is 2.29. The zero-order chi connectivity index (χ0) is 13.8. The topological polar surface area (TPSA) is 33.2 Å². The van der Waals surface area contributed by atoms with Crippen molar-refractivity contribution in [2.24, 2.45) is 0 Å². The zero-order valence-electron chi connectivity index (χ0n) is 11.4. The van der Waals surface area contributed by atoms with Crippen LogP contribution in [0.4, 0.5) is 0 Å². The lowest BCUT2D eigenvalue weighted by Gasteiger charge is -2.24. The first-order chi connectivity index (χ1) is 9.84. The van der Waals surface area contributed by atoms with Crippen molar-refractivity contribution >= 4 is 17.2 Å². The van der Waals surface area contributed by atoms with E-state index < -0.39 is 0 Å². The van der Waals surface area contributed by atoms with Crippen molar-refractivity contribution in [3.8, 4) is 0 Å². The minimum atomic E-state index is 0.0989. The summed E-state index contributed by atoms with van der Waals surface area (Å²) >= 11 is 1.48. The van der Waals surface area contributed by atoms with Crippen molar-refractivity contribution in [2.45, 2.75) is 31.7 Å². The Kier molecular flexibility index (Phi) is 4.11. The Balaban J connectivity index is 1.63. The molecule has 1 unspecified atom stereocenters. The van der Waals surface area contributed by atoms with E-state index in [1.54, 1.807) is 5.51 Å². The zero-order valence-corrected chi connectivity index (χ0v) is 12.2. The fraction of sp³-hybridized carbons (Fsp3) is 0.375. The van der Waals surface area contributed by atoms with Gasteiger partial charge in [-0.15, -0.1) is 11.3 Å². The molecule has 1 aromatic carbocycles. The first kappa shape index (κ1) is 13.3. The van der Waals surface area contributed by atoms with Gasteiger partial charge in [0.2, 0.25) is 0 Å². The lowest BCUT2D eigenvalue weighted by Crippen LogP contribution is -2.36. The molecule has 0 spiro atoms. The van der Waals surface area contributed by atoms with Gasteiger partial charge in [-0.05, 0) is 31.2 Å². The number of hydrogen-bond acceptors (Lipinski definition) is 3. The van der Waals surface area contributed by atoms with Gasteiger partial charge in [0.05, 0.1) is 5.51 Å². The molecule has 0 aliphatic carbocycles. The van der Waals surface area contributed by atoms with Gasteiger partial charge in [-0.3, -0.25) is 4.79 Å². The van der Waals surface area contributed by atoms with Crippen LogP contribution in [0.1, 0.15) is 35.3 Å². The third-order valence-electron chi connectivity index (χ3n) is 3.90. The van der Waals surface area contributed by atoms with Crippen LogP contribution >= 0.6 is 11.3 Å². The molecule has 0 N–H and O–H groups in total. The highest BCUT2D eigenvalue weighted by atomic mass is 32.1. The molecule has 104 valence electrons. The molecular weight excluding hydrogens is 268 g/mol. The smallest absolute Gasteiger partial charge is 0.273 e. The maximum atomic E-state index is 12.4. The molecule has 3 rings (SSSR count). The molecule has 4 heteroatoms. The fourth-order valence-electron chi connectivity index (χ4n) is 2.85. The minimum Gasteiger partial charge on any atom is -0.334 e. The maximum absolute atomic E-state index is 12.4. The van der Waals surface area contributed by atoms with E-state index in [9.17, 15) is 4.79 Å². The van der Waals surface area contributed by atoms with Crippen molar-refractivity contribution in [1.29, 1.82) is 0 Å². The third-order valence-corrected chi connectivity index (χ3v) is 4.48. The Morgan fingerprint density at radius 1 is 1.35 bits per heavy atom. The average molecular weight is 286 g/mol. The largest absolute Gasteiger partial charge is 0.334 e. The van der Waals surface area contributed by atoms with Crippen LogP contribution in [0.3, 0.4) is 0 Å². The molecule has 0 radical (unpaired) electrons. The predicted octanol–water partition coefficient (Wildman–Crippen LogP) is 3.38. The first-order valence-electron chi connectivity index (χ1n) is 7.07. The van der Waals surface area contributed by atoms with Gasteiger partial charge in [0.1, 0.15) is 5.69 Å². The van der Waals surface area contributed by atoms with E-state index in [1.165, 1.54) is 16.9 Å². The monoisotopic (exact) mass is 286 g/mol. The molecule has 1 saturated heterocycles. The molecule has 2 aromatic rings. The normalized spacial score (nSPS) is 18.4. The van der Waals surface area contributed by atoms with Crippen molar-refractivity contribution in [2.75, 3.05) is 6.54 Å². The maximum Gasteiger partial charge on any atom is 0.273 e. The Labute approximate surface area is 123 Å². The Morgan fingerprint density at radius 3 is 2.95 bits per heavy atom. The highest BCUT2D eigenvalue weighted by molar-refractivity contribution is 7.07. The number of carbonyl (C=O) groups is 1. The lowest BCUT2D eigenvalue weighted by atomic mass is 10.0. The van der Waals surface area contributed by atoms with Crippen LogP contribution in [-0.2, 0) is 6.42 Å². The summed E-state index contributed by atoms with van der Waals surface area (Å²) < 4.78 is 0. The summed E-state index contributed by atoms with van der Waals surface area (Å²) in [6.45, 7) is 0.871. The first-order valence-corrected chi connectivity index (χ1v) is 8.02. The number of aromatic nitrogens is 1. The number of carbonyl (C=O) groups excluding carboxylic acids is 1. The van der Waals surface area contributed by atoms with Gasteiger partial charge in [0, 0.05) is 18.0 Å². The minimum absolute atomic E-state index is 0.0989. The summed E-state index contributed by atoms with van der Waals surface area (Å²) in [6, 6.07) is 10.9. The van der Waals surface area contributed by atoms with E-state index in [2.05, 4.69) is 29.2 Å². The van der Waals surface area contributed by atoms with Crippen molar-refractivity contribution in [3.63, 3.8) is 0 Å². The summed E-state index contributed by atoms with van der Waals surface area (Å²) in [5.74, 6) is 0.0989. The number of likely N-dealkylation sites (tertiary alicyclic amines) is 1. The van der Waals surface area contributed by atoms with Crippen LogP contribution in [0, 0.1) is 0 Å². The summed E-state index contributed by atoms with van der Waals surface area (Å²) in [6.07, 6.45) is 4.30. The van der Waals surface area contributed by atoms with Gasteiger partial charge in [-0.25, -0.2) is 4.98 Å². The lowest BCUT2D eigenvalue weighted by molar-refractivity contribution is 0.0725. The second-order valence-electron chi connectivity index (χ2n) is 5.19.